The number of amidine groups is 1. The van der Waals surface area contributed by atoms with Gasteiger partial charge in [-0.05, 0) is 27.7 Å². The van der Waals surface area contributed by atoms with Gasteiger partial charge in [-0.15, -0.1) is 11.3 Å². The fourth-order valence-electron chi connectivity index (χ4n) is 1.84. The summed E-state index contributed by atoms with van der Waals surface area (Å²) in [5.41, 5.74) is 1.57. The normalized spacial score (nSPS) is 16.5. The number of hydrogen-bond donors (Lipinski definition) is 2. The summed E-state index contributed by atoms with van der Waals surface area (Å²) in [7, 11) is 0. The largest absolute Gasteiger partial charge is 0.510 e. The summed E-state index contributed by atoms with van der Waals surface area (Å²) in [5.74, 6) is 0.642. The zero-order valence-corrected chi connectivity index (χ0v) is 11.4. The van der Waals surface area contributed by atoms with Crippen LogP contribution in [0.3, 0.4) is 0 Å². The molecule has 0 amide bonds. The van der Waals surface area contributed by atoms with Crippen LogP contribution in [0.2, 0.25) is 0 Å². The van der Waals surface area contributed by atoms with Gasteiger partial charge in [0.2, 0.25) is 0 Å². The van der Waals surface area contributed by atoms with E-state index in [9.17, 15) is 5.11 Å². The van der Waals surface area contributed by atoms with Crippen molar-refractivity contribution in [2.24, 2.45) is 0 Å². The number of nitrogens with zero attached hydrogens (tertiary/aromatic N) is 2. The van der Waals surface area contributed by atoms with E-state index >= 15 is 0 Å². The number of aliphatic hydroxyl groups is 1. The molecule has 2 N–H and O–H groups in total. The molecule has 1 aromatic rings. The fraction of sp³-hybridized carbons (Fsp3) is 0.500. The van der Waals surface area contributed by atoms with E-state index in [-0.39, 0.29) is 11.8 Å². The number of aryl methyl sites for hydroxylation is 2. The van der Waals surface area contributed by atoms with Gasteiger partial charge in [0.25, 0.3) is 0 Å². The van der Waals surface area contributed by atoms with Crippen LogP contribution in [0.1, 0.15) is 29.4 Å². The highest BCUT2D eigenvalue weighted by Crippen LogP contribution is 2.32. The lowest BCUT2D eigenvalue weighted by Gasteiger charge is -2.22. The summed E-state index contributed by atoms with van der Waals surface area (Å²) in [5, 5.41) is 18.9. The van der Waals surface area contributed by atoms with Crippen molar-refractivity contribution in [2.45, 2.75) is 33.7 Å². The lowest BCUT2D eigenvalue weighted by molar-refractivity contribution is 0.318. The topological polar surface area (TPSA) is 60.2 Å². The first-order valence-corrected chi connectivity index (χ1v) is 6.45. The van der Waals surface area contributed by atoms with Crippen molar-refractivity contribution in [2.75, 3.05) is 6.54 Å². The number of aliphatic hydroxyl groups excluding tert-OH is 1. The quantitative estimate of drug-likeness (QED) is 0.849. The Bertz CT molecular complexity index is 482. The lowest BCUT2D eigenvalue weighted by atomic mass is 10.2. The second kappa shape index (κ2) is 4.14. The summed E-state index contributed by atoms with van der Waals surface area (Å²) < 4.78 is 0. The average Bonchev–Trinajstić information content (AvgIpc) is 2.69. The molecule has 5 heteroatoms. The Balaban J connectivity index is 2.39. The van der Waals surface area contributed by atoms with Gasteiger partial charge in [0.05, 0.1) is 17.8 Å². The van der Waals surface area contributed by atoms with Crippen molar-refractivity contribution in [3.05, 3.63) is 21.3 Å². The van der Waals surface area contributed by atoms with Gasteiger partial charge in [-0.2, -0.15) is 0 Å². The molecule has 92 valence electrons. The van der Waals surface area contributed by atoms with Crippen LogP contribution in [0.4, 0.5) is 0 Å². The SMILES string of the molecule is Cc1nc(C2=C(O)CN(C(C)C)C2=N)sc1C. The minimum Gasteiger partial charge on any atom is -0.510 e. The predicted octanol–water partition coefficient (Wildman–Crippen LogP) is 2.73. The van der Waals surface area contributed by atoms with Gasteiger partial charge in [0, 0.05) is 10.9 Å². The average molecular weight is 251 g/mol. The molecule has 2 heterocycles. The third kappa shape index (κ3) is 1.95. The second-order valence-electron chi connectivity index (χ2n) is 4.55. The molecule has 0 radical (unpaired) electrons. The number of rotatable bonds is 2. The third-order valence-corrected chi connectivity index (χ3v) is 4.09. The van der Waals surface area contributed by atoms with Crippen LogP contribution >= 0.6 is 11.3 Å². The van der Waals surface area contributed by atoms with Crippen molar-refractivity contribution in [3.8, 4) is 0 Å². The molecule has 1 aromatic heterocycles. The van der Waals surface area contributed by atoms with Gasteiger partial charge >= 0.3 is 0 Å². The van der Waals surface area contributed by atoms with Crippen LogP contribution in [0, 0.1) is 19.3 Å². The Morgan fingerprint density at radius 2 is 2.06 bits per heavy atom. The summed E-state index contributed by atoms with van der Waals surface area (Å²) >= 11 is 1.54. The molecule has 17 heavy (non-hydrogen) atoms. The molecule has 0 unspecified atom stereocenters. The maximum absolute atomic E-state index is 10.00. The molecule has 0 aromatic carbocycles. The molecule has 0 spiro atoms. The van der Waals surface area contributed by atoms with Crippen molar-refractivity contribution in [3.63, 3.8) is 0 Å². The molecule has 0 fully saturated rings. The van der Waals surface area contributed by atoms with E-state index in [2.05, 4.69) is 4.98 Å². The molecular formula is C12H17N3OS. The highest BCUT2D eigenvalue weighted by molar-refractivity contribution is 7.13. The Morgan fingerprint density at radius 1 is 1.41 bits per heavy atom. The standard InChI is InChI=1S/C12H17N3OS/c1-6(2)15-5-9(16)10(11(15)13)12-14-7(3)8(4)17-12/h6,13,16H,5H2,1-4H3. The van der Waals surface area contributed by atoms with Crippen molar-refractivity contribution < 1.29 is 5.11 Å². The van der Waals surface area contributed by atoms with Crippen LogP contribution < -0.4 is 0 Å². The summed E-state index contributed by atoms with van der Waals surface area (Å²) in [6.45, 7) is 8.41. The van der Waals surface area contributed by atoms with E-state index in [0.29, 0.717) is 18.0 Å². The van der Waals surface area contributed by atoms with E-state index in [0.717, 1.165) is 15.6 Å². The highest BCUT2D eigenvalue weighted by atomic mass is 32.1. The Labute approximate surface area is 105 Å². The highest BCUT2D eigenvalue weighted by Gasteiger charge is 2.31. The van der Waals surface area contributed by atoms with E-state index in [1.165, 1.54) is 11.3 Å². The van der Waals surface area contributed by atoms with Crippen LogP contribution in [0.25, 0.3) is 5.57 Å². The van der Waals surface area contributed by atoms with Crippen molar-refractivity contribution >= 4 is 22.7 Å². The molecule has 0 atom stereocenters. The van der Waals surface area contributed by atoms with Gasteiger partial charge in [0.1, 0.15) is 16.6 Å². The number of hydrogen-bond acceptors (Lipinski definition) is 4. The molecule has 4 nitrogen and oxygen atoms in total. The molecule has 1 aliphatic rings. The van der Waals surface area contributed by atoms with Gasteiger partial charge in [-0.3, -0.25) is 5.41 Å². The van der Waals surface area contributed by atoms with Crippen molar-refractivity contribution in [1.82, 2.24) is 9.88 Å². The molecule has 2 rings (SSSR count). The van der Waals surface area contributed by atoms with Crippen LogP contribution in [0.15, 0.2) is 5.76 Å². The lowest BCUT2D eigenvalue weighted by Crippen LogP contribution is -2.33. The first-order valence-electron chi connectivity index (χ1n) is 5.64. The summed E-state index contributed by atoms with van der Waals surface area (Å²) in [4.78, 5) is 7.43. The van der Waals surface area contributed by atoms with Gasteiger partial charge < -0.3 is 10.0 Å². The Morgan fingerprint density at radius 3 is 2.47 bits per heavy atom. The number of nitrogens with one attached hydrogen (secondary N) is 1. The molecular weight excluding hydrogens is 234 g/mol. The van der Waals surface area contributed by atoms with Gasteiger partial charge in [-0.25, -0.2) is 4.98 Å². The van der Waals surface area contributed by atoms with Crippen LogP contribution in [0.5, 0.6) is 0 Å². The van der Waals surface area contributed by atoms with E-state index in [4.69, 9.17) is 5.41 Å². The van der Waals surface area contributed by atoms with Crippen molar-refractivity contribution in [1.29, 1.82) is 5.41 Å². The predicted molar refractivity (Wildman–Crippen MR) is 70.7 cm³/mol. The fourth-order valence-corrected chi connectivity index (χ4v) is 2.83. The minimum absolute atomic E-state index is 0.212. The van der Waals surface area contributed by atoms with Crippen LogP contribution in [-0.2, 0) is 0 Å². The molecule has 0 saturated carbocycles. The molecule has 0 bridgehead atoms. The molecule has 0 aliphatic carbocycles. The Kier molecular flexibility index (Phi) is 2.95. The molecule has 1 aliphatic heterocycles. The summed E-state index contributed by atoms with van der Waals surface area (Å²) in [6, 6.07) is 0.212. The first kappa shape index (κ1) is 12.1. The van der Waals surface area contributed by atoms with E-state index < -0.39 is 0 Å². The summed E-state index contributed by atoms with van der Waals surface area (Å²) in [6.07, 6.45) is 0. The van der Waals surface area contributed by atoms with E-state index in [1.807, 2.05) is 32.6 Å². The zero-order chi connectivity index (χ0) is 12.7. The maximum atomic E-state index is 10.00. The Hall–Kier alpha value is -1.36. The maximum Gasteiger partial charge on any atom is 0.135 e. The monoisotopic (exact) mass is 251 g/mol. The zero-order valence-electron chi connectivity index (χ0n) is 10.5. The van der Waals surface area contributed by atoms with Crippen LogP contribution in [-0.4, -0.2) is 33.4 Å². The third-order valence-electron chi connectivity index (χ3n) is 3.00. The van der Waals surface area contributed by atoms with Gasteiger partial charge in [0.15, 0.2) is 0 Å². The molecule has 0 saturated heterocycles. The van der Waals surface area contributed by atoms with Gasteiger partial charge in [-0.1, -0.05) is 0 Å². The minimum atomic E-state index is 0.212. The first-order chi connectivity index (χ1) is 7.91. The number of thiazole rings is 1. The number of aromatic nitrogens is 1. The smallest absolute Gasteiger partial charge is 0.135 e. The van der Waals surface area contributed by atoms with E-state index in [1.54, 1.807) is 0 Å². The second-order valence-corrected chi connectivity index (χ2v) is 5.76.